The first-order valence-electron chi connectivity index (χ1n) is 12.5. The average molecular weight is 399 g/mol. The maximum absolute atomic E-state index is 10.6. The van der Waals surface area contributed by atoms with Crippen molar-refractivity contribution in [2.24, 2.45) is 5.92 Å². The van der Waals surface area contributed by atoms with Gasteiger partial charge >= 0.3 is 0 Å². The molecule has 1 rings (SSSR count). The number of unbranched alkanes of at least 4 members (excludes halogenated alkanes) is 11. The molecular formula is C25H50O3. The van der Waals surface area contributed by atoms with Crippen molar-refractivity contribution < 1.29 is 14.6 Å². The molecule has 1 saturated heterocycles. The zero-order valence-electron chi connectivity index (χ0n) is 19.5. The van der Waals surface area contributed by atoms with E-state index in [0.29, 0.717) is 5.92 Å². The number of hydrogen-bond donors (Lipinski definition) is 1. The third-order valence-electron chi connectivity index (χ3n) is 6.18. The third kappa shape index (κ3) is 12.4. The van der Waals surface area contributed by atoms with Crippen molar-refractivity contribution in [2.75, 3.05) is 6.61 Å². The molecule has 1 heterocycles. The predicted molar refractivity (Wildman–Crippen MR) is 120 cm³/mol. The van der Waals surface area contributed by atoms with E-state index in [1.54, 1.807) is 0 Å². The maximum Gasteiger partial charge on any atom is 0.163 e. The van der Waals surface area contributed by atoms with Crippen LogP contribution in [0.25, 0.3) is 0 Å². The Balaban J connectivity index is 2.20. The van der Waals surface area contributed by atoms with Crippen LogP contribution >= 0.6 is 0 Å². The first-order chi connectivity index (χ1) is 13.5. The van der Waals surface area contributed by atoms with Gasteiger partial charge in [0.2, 0.25) is 0 Å². The molecule has 0 aromatic rings. The summed E-state index contributed by atoms with van der Waals surface area (Å²) < 4.78 is 12.1. The van der Waals surface area contributed by atoms with Gasteiger partial charge in [-0.05, 0) is 33.1 Å². The summed E-state index contributed by atoms with van der Waals surface area (Å²) in [6, 6.07) is 0. The molecule has 1 fully saturated rings. The lowest BCUT2D eigenvalue weighted by Gasteiger charge is -2.42. The van der Waals surface area contributed by atoms with Crippen LogP contribution in [0.3, 0.4) is 0 Å². The number of ether oxygens (including phenoxy) is 2. The minimum absolute atomic E-state index is 0.138. The van der Waals surface area contributed by atoms with Crippen molar-refractivity contribution >= 4 is 0 Å². The number of hydrogen-bond acceptors (Lipinski definition) is 3. The Morgan fingerprint density at radius 2 is 1.36 bits per heavy atom. The van der Waals surface area contributed by atoms with Crippen molar-refractivity contribution in [3.63, 3.8) is 0 Å². The van der Waals surface area contributed by atoms with Crippen LogP contribution < -0.4 is 0 Å². The van der Waals surface area contributed by atoms with Gasteiger partial charge in [-0.2, -0.15) is 0 Å². The molecule has 0 unspecified atom stereocenters. The van der Waals surface area contributed by atoms with Crippen molar-refractivity contribution in [3.8, 4) is 0 Å². The van der Waals surface area contributed by atoms with Gasteiger partial charge in [-0.25, -0.2) is 0 Å². The zero-order chi connectivity index (χ0) is 20.7. The highest BCUT2D eigenvalue weighted by Crippen LogP contribution is 2.32. The van der Waals surface area contributed by atoms with Crippen LogP contribution in [0.2, 0.25) is 0 Å². The molecular weight excluding hydrogens is 348 g/mol. The Hall–Kier alpha value is -0.120. The normalized spacial score (nSPS) is 23.0. The molecule has 0 amide bonds. The van der Waals surface area contributed by atoms with E-state index in [4.69, 9.17) is 9.47 Å². The molecule has 0 bridgehead atoms. The highest BCUT2D eigenvalue weighted by atomic mass is 16.7. The zero-order valence-corrected chi connectivity index (χ0v) is 19.5. The maximum atomic E-state index is 10.6. The molecule has 3 heteroatoms. The number of rotatable bonds is 17. The monoisotopic (exact) mass is 398 g/mol. The summed E-state index contributed by atoms with van der Waals surface area (Å²) in [5.74, 6) is -0.0788. The van der Waals surface area contributed by atoms with Gasteiger partial charge < -0.3 is 14.6 Å². The van der Waals surface area contributed by atoms with Crippen LogP contribution in [0, 0.1) is 5.92 Å². The van der Waals surface area contributed by atoms with E-state index in [-0.39, 0.29) is 12.2 Å². The van der Waals surface area contributed by atoms with Gasteiger partial charge in [0.15, 0.2) is 5.79 Å². The fraction of sp³-hybridized carbons (Fsp3) is 1.00. The lowest BCUT2D eigenvalue weighted by Crippen LogP contribution is -2.46. The van der Waals surface area contributed by atoms with Gasteiger partial charge in [0.05, 0.1) is 18.8 Å². The number of aliphatic hydroxyl groups excluding tert-OH is 1. The molecule has 28 heavy (non-hydrogen) atoms. The summed E-state index contributed by atoms with van der Waals surface area (Å²) in [5, 5.41) is 10.6. The molecule has 1 aliphatic rings. The second-order valence-electron chi connectivity index (χ2n) is 9.48. The van der Waals surface area contributed by atoms with E-state index in [2.05, 4.69) is 13.8 Å². The summed E-state index contributed by atoms with van der Waals surface area (Å²) in [4.78, 5) is 0. The molecule has 0 aliphatic carbocycles. The van der Waals surface area contributed by atoms with E-state index in [1.165, 1.54) is 77.0 Å². The van der Waals surface area contributed by atoms with Crippen LogP contribution in [0.15, 0.2) is 0 Å². The molecule has 0 saturated carbocycles. The van der Waals surface area contributed by atoms with Gasteiger partial charge in [0.1, 0.15) is 0 Å². The molecule has 0 radical (unpaired) electrons. The molecule has 0 spiro atoms. The molecule has 0 aromatic carbocycles. The Kier molecular flexibility index (Phi) is 14.5. The van der Waals surface area contributed by atoms with Gasteiger partial charge in [-0.15, -0.1) is 0 Å². The van der Waals surface area contributed by atoms with Crippen LogP contribution in [0.1, 0.15) is 130 Å². The Labute approximate surface area is 176 Å². The standard InChI is InChI=1S/C25H50O3/c1-5-7-9-11-12-13-14-15-17-19-23(26)20-24-22(18-16-10-8-6-2)21-27-25(3,4)28-24/h22-24,26H,5-21H2,1-4H3/t22-,23+,24+/m1/s1. The summed E-state index contributed by atoms with van der Waals surface area (Å²) in [6.07, 6.45) is 19.8. The van der Waals surface area contributed by atoms with Gasteiger partial charge in [0, 0.05) is 5.92 Å². The van der Waals surface area contributed by atoms with E-state index in [9.17, 15) is 5.11 Å². The topological polar surface area (TPSA) is 38.7 Å². The van der Waals surface area contributed by atoms with Crippen molar-refractivity contribution in [2.45, 2.75) is 148 Å². The van der Waals surface area contributed by atoms with E-state index in [1.807, 2.05) is 13.8 Å². The lowest BCUT2D eigenvalue weighted by atomic mass is 9.89. The van der Waals surface area contributed by atoms with Crippen LogP contribution in [-0.4, -0.2) is 29.7 Å². The quantitative estimate of drug-likeness (QED) is 0.259. The second kappa shape index (κ2) is 15.7. The average Bonchev–Trinajstić information content (AvgIpc) is 2.65. The molecule has 3 atom stereocenters. The first-order valence-corrected chi connectivity index (χ1v) is 12.5. The van der Waals surface area contributed by atoms with Gasteiger partial charge in [0.25, 0.3) is 0 Å². The predicted octanol–water partition coefficient (Wildman–Crippen LogP) is 7.40. The smallest absolute Gasteiger partial charge is 0.163 e. The van der Waals surface area contributed by atoms with E-state index >= 15 is 0 Å². The SMILES string of the molecule is CCCCCCCCCCC[C@H](O)C[C@@H]1OC(C)(C)OC[C@H]1CCCCCC. The molecule has 1 N–H and O–H groups in total. The van der Waals surface area contributed by atoms with E-state index < -0.39 is 5.79 Å². The molecule has 3 nitrogen and oxygen atoms in total. The Bertz CT molecular complexity index is 356. The third-order valence-corrected chi connectivity index (χ3v) is 6.18. The van der Waals surface area contributed by atoms with Crippen LogP contribution in [0.5, 0.6) is 0 Å². The van der Waals surface area contributed by atoms with Crippen molar-refractivity contribution in [1.82, 2.24) is 0 Å². The molecule has 1 aliphatic heterocycles. The van der Waals surface area contributed by atoms with E-state index in [0.717, 1.165) is 32.3 Å². The van der Waals surface area contributed by atoms with Crippen LogP contribution in [-0.2, 0) is 9.47 Å². The van der Waals surface area contributed by atoms with Crippen molar-refractivity contribution in [3.05, 3.63) is 0 Å². The highest BCUT2D eigenvalue weighted by molar-refractivity contribution is 4.80. The summed E-state index contributed by atoms with van der Waals surface area (Å²) in [6.45, 7) is 9.29. The first kappa shape index (κ1) is 25.9. The van der Waals surface area contributed by atoms with Crippen molar-refractivity contribution in [1.29, 1.82) is 0 Å². The fourth-order valence-electron chi connectivity index (χ4n) is 4.33. The largest absolute Gasteiger partial charge is 0.393 e. The van der Waals surface area contributed by atoms with Gasteiger partial charge in [-0.1, -0.05) is 97.3 Å². The Morgan fingerprint density at radius 1 is 0.821 bits per heavy atom. The summed E-state index contributed by atoms with van der Waals surface area (Å²) >= 11 is 0. The molecule has 168 valence electrons. The summed E-state index contributed by atoms with van der Waals surface area (Å²) in [5.41, 5.74) is 0. The lowest BCUT2D eigenvalue weighted by molar-refractivity contribution is -0.297. The minimum atomic E-state index is -0.512. The Morgan fingerprint density at radius 3 is 1.96 bits per heavy atom. The minimum Gasteiger partial charge on any atom is -0.393 e. The second-order valence-corrected chi connectivity index (χ2v) is 9.48. The fourth-order valence-corrected chi connectivity index (χ4v) is 4.33. The highest BCUT2D eigenvalue weighted by Gasteiger charge is 2.36. The van der Waals surface area contributed by atoms with Crippen LogP contribution in [0.4, 0.5) is 0 Å². The molecule has 0 aromatic heterocycles. The summed E-state index contributed by atoms with van der Waals surface area (Å²) in [7, 11) is 0. The number of aliphatic hydroxyl groups is 1. The van der Waals surface area contributed by atoms with Gasteiger partial charge in [-0.3, -0.25) is 0 Å².